The SMILES string of the molecule is C=C/C=C\C=C(/C)C1=C(C)C(C)c2ccccc2C=C1. The Kier molecular flexibility index (Phi) is 4.57. The highest BCUT2D eigenvalue weighted by Gasteiger charge is 2.16. The molecule has 1 aliphatic carbocycles. The van der Waals surface area contributed by atoms with Crippen LogP contribution < -0.4 is 0 Å². The van der Waals surface area contributed by atoms with Crippen molar-refractivity contribution in [3.8, 4) is 0 Å². The normalized spacial score (nSPS) is 19.1. The third-order valence-corrected chi connectivity index (χ3v) is 3.98. The summed E-state index contributed by atoms with van der Waals surface area (Å²) < 4.78 is 0. The molecule has 0 heterocycles. The molecule has 1 aromatic carbocycles. The Morgan fingerprint density at radius 2 is 1.90 bits per heavy atom. The molecule has 0 radical (unpaired) electrons. The van der Waals surface area contributed by atoms with Gasteiger partial charge in [-0.05, 0) is 36.1 Å². The van der Waals surface area contributed by atoms with Crippen LogP contribution in [0.5, 0.6) is 0 Å². The van der Waals surface area contributed by atoms with Gasteiger partial charge in [-0.25, -0.2) is 0 Å². The van der Waals surface area contributed by atoms with Crippen LogP contribution in [-0.4, -0.2) is 0 Å². The smallest absolute Gasteiger partial charge is 0.00320 e. The molecule has 0 fully saturated rings. The first-order valence-corrected chi connectivity index (χ1v) is 7.09. The Morgan fingerprint density at radius 1 is 1.15 bits per heavy atom. The van der Waals surface area contributed by atoms with Gasteiger partial charge in [0.25, 0.3) is 0 Å². The molecule has 0 aromatic heterocycles. The van der Waals surface area contributed by atoms with E-state index in [-0.39, 0.29) is 0 Å². The highest BCUT2D eigenvalue weighted by molar-refractivity contribution is 5.65. The summed E-state index contributed by atoms with van der Waals surface area (Å²) in [6.45, 7) is 10.4. The fourth-order valence-corrected chi connectivity index (χ4v) is 2.64. The van der Waals surface area contributed by atoms with Crippen molar-refractivity contribution in [2.24, 2.45) is 0 Å². The summed E-state index contributed by atoms with van der Waals surface area (Å²) in [5.74, 6) is 0.447. The lowest BCUT2D eigenvalue weighted by atomic mass is 9.88. The summed E-state index contributed by atoms with van der Waals surface area (Å²) in [5.41, 5.74) is 6.78. The zero-order chi connectivity index (χ0) is 14.5. The van der Waals surface area contributed by atoms with Gasteiger partial charge in [-0.15, -0.1) is 0 Å². The molecule has 2 rings (SSSR count). The monoisotopic (exact) mass is 262 g/mol. The van der Waals surface area contributed by atoms with Crippen molar-refractivity contribution in [1.82, 2.24) is 0 Å². The van der Waals surface area contributed by atoms with Crippen molar-refractivity contribution in [3.63, 3.8) is 0 Å². The van der Waals surface area contributed by atoms with Crippen LogP contribution in [-0.2, 0) is 0 Å². The van der Waals surface area contributed by atoms with Gasteiger partial charge in [-0.3, -0.25) is 0 Å². The zero-order valence-electron chi connectivity index (χ0n) is 12.6. The van der Waals surface area contributed by atoms with Crippen LogP contribution >= 0.6 is 0 Å². The van der Waals surface area contributed by atoms with E-state index in [4.69, 9.17) is 0 Å². The quantitative estimate of drug-likeness (QED) is 0.602. The Bertz CT molecular complexity index is 621. The van der Waals surface area contributed by atoms with Gasteiger partial charge >= 0.3 is 0 Å². The van der Waals surface area contributed by atoms with Crippen molar-refractivity contribution in [2.75, 3.05) is 0 Å². The Labute approximate surface area is 122 Å². The van der Waals surface area contributed by atoms with Crippen LogP contribution in [0.4, 0.5) is 0 Å². The van der Waals surface area contributed by atoms with E-state index in [1.54, 1.807) is 6.08 Å². The summed E-state index contributed by atoms with van der Waals surface area (Å²) in [6.07, 6.45) is 12.4. The average molecular weight is 262 g/mol. The topological polar surface area (TPSA) is 0 Å². The third kappa shape index (κ3) is 2.91. The van der Waals surface area contributed by atoms with Gasteiger partial charge in [0.1, 0.15) is 0 Å². The molecule has 0 heteroatoms. The molecule has 0 bridgehead atoms. The fraction of sp³-hybridized carbons (Fsp3) is 0.200. The average Bonchev–Trinajstić information content (AvgIpc) is 2.58. The van der Waals surface area contributed by atoms with Gasteiger partial charge in [-0.1, -0.05) is 79.8 Å². The van der Waals surface area contributed by atoms with E-state index in [9.17, 15) is 0 Å². The van der Waals surface area contributed by atoms with Gasteiger partial charge in [0, 0.05) is 5.92 Å². The minimum absolute atomic E-state index is 0.447. The number of hydrogen-bond acceptors (Lipinski definition) is 0. The van der Waals surface area contributed by atoms with Gasteiger partial charge in [-0.2, -0.15) is 0 Å². The molecule has 1 aliphatic rings. The molecule has 0 nitrogen and oxygen atoms in total. The van der Waals surface area contributed by atoms with E-state index in [0.717, 1.165) is 0 Å². The van der Waals surface area contributed by atoms with Crippen LogP contribution in [0, 0.1) is 0 Å². The largest absolute Gasteiger partial charge is 0.0991 e. The van der Waals surface area contributed by atoms with E-state index in [1.165, 1.54) is 27.8 Å². The first kappa shape index (κ1) is 14.3. The number of allylic oxidation sites excluding steroid dienone is 8. The molecular weight excluding hydrogens is 240 g/mol. The molecule has 20 heavy (non-hydrogen) atoms. The second-order valence-electron chi connectivity index (χ2n) is 5.25. The zero-order valence-corrected chi connectivity index (χ0v) is 12.6. The van der Waals surface area contributed by atoms with Gasteiger partial charge in [0.2, 0.25) is 0 Å². The predicted octanol–water partition coefficient (Wildman–Crippen LogP) is 5.82. The Hall–Kier alpha value is -2.08. The second kappa shape index (κ2) is 6.38. The van der Waals surface area contributed by atoms with Crippen LogP contribution in [0.3, 0.4) is 0 Å². The van der Waals surface area contributed by atoms with Crippen molar-refractivity contribution < 1.29 is 0 Å². The maximum absolute atomic E-state index is 3.70. The molecular formula is C20H22. The molecule has 0 spiro atoms. The predicted molar refractivity (Wildman–Crippen MR) is 89.7 cm³/mol. The highest BCUT2D eigenvalue weighted by Crippen LogP contribution is 2.34. The summed E-state index contributed by atoms with van der Waals surface area (Å²) in [5, 5.41) is 0. The molecule has 0 N–H and O–H groups in total. The van der Waals surface area contributed by atoms with Crippen LogP contribution in [0.1, 0.15) is 37.8 Å². The molecule has 0 amide bonds. The van der Waals surface area contributed by atoms with Gasteiger partial charge < -0.3 is 0 Å². The maximum Gasteiger partial charge on any atom is 0.00320 e. The molecule has 0 aliphatic heterocycles. The summed E-state index contributed by atoms with van der Waals surface area (Å²) in [7, 11) is 0. The van der Waals surface area contributed by atoms with Crippen molar-refractivity contribution >= 4 is 6.08 Å². The van der Waals surface area contributed by atoms with Gasteiger partial charge in [0.15, 0.2) is 0 Å². The summed E-state index contributed by atoms with van der Waals surface area (Å²) in [4.78, 5) is 0. The van der Waals surface area contributed by atoms with Crippen LogP contribution in [0.15, 0.2) is 77.9 Å². The molecule has 0 saturated heterocycles. The lowest BCUT2D eigenvalue weighted by Gasteiger charge is -2.16. The summed E-state index contributed by atoms with van der Waals surface area (Å²) >= 11 is 0. The van der Waals surface area contributed by atoms with Crippen molar-refractivity contribution in [2.45, 2.75) is 26.7 Å². The Morgan fingerprint density at radius 3 is 2.65 bits per heavy atom. The van der Waals surface area contributed by atoms with Crippen molar-refractivity contribution in [3.05, 3.63) is 89.1 Å². The lowest BCUT2D eigenvalue weighted by molar-refractivity contribution is 0.884. The first-order valence-electron chi connectivity index (χ1n) is 7.09. The standard InChI is InChI=1S/C20H22/c1-5-6-7-10-15(2)19-14-13-18-11-8-9-12-20(18)17(4)16(19)3/h5-14,17H,1H2,2-4H3/b7-6-,15-10+. The number of benzene rings is 1. The Balaban J connectivity index is 2.45. The van der Waals surface area contributed by atoms with Gasteiger partial charge in [0.05, 0.1) is 0 Å². The first-order chi connectivity index (χ1) is 9.65. The van der Waals surface area contributed by atoms with E-state index in [2.05, 4.69) is 69.8 Å². The van der Waals surface area contributed by atoms with E-state index >= 15 is 0 Å². The molecule has 1 aromatic rings. The highest BCUT2D eigenvalue weighted by atomic mass is 14.2. The number of fused-ring (bicyclic) bond motifs is 1. The van der Waals surface area contributed by atoms with Crippen LogP contribution in [0.25, 0.3) is 6.08 Å². The fourth-order valence-electron chi connectivity index (χ4n) is 2.64. The summed E-state index contributed by atoms with van der Waals surface area (Å²) in [6, 6.07) is 8.64. The van der Waals surface area contributed by atoms with E-state index in [0.29, 0.717) is 5.92 Å². The van der Waals surface area contributed by atoms with E-state index in [1.807, 2.05) is 12.2 Å². The molecule has 102 valence electrons. The molecule has 1 atom stereocenters. The third-order valence-electron chi connectivity index (χ3n) is 3.98. The second-order valence-corrected chi connectivity index (χ2v) is 5.25. The maximum atomic E-state index is 3.70. The minimum atomic E-state index is 0.447. The number of rotatable bonds is 3. The van der Waals surface area contributed by atoms with E-state index < -0.39 is 0 Å². The number of hydrogen-bond donors (Lipinski definition) is 0. The molecule has 1 unspecified atom stereocenters. The van der Waals surface area contributed by atoms with Crippen LogP contribution in [0.2, 0.25) is 0 Å². The minimum Gasteiger partial charge on any atom is -0.0991 e. The van der Waals surface area contributed by atoms with Crippen molar-refractivity contribution in [1.29, 1.82) is 0 Å². The lowest BCUT2D eigenvalue weighted by Crippen LogP contribution is -1.99. The molecule has 0 saturated carbocycles.